The van der Waals surface area contributed by atoms with Crippen molar-refractivity contribution < 1.29 is 31.9 Å². The van der Waals surface area contributed by atoms with Gasteiger partial charge >= 0.3 is 17.8 Å². The van der Waals surface area contributed by atoms with Crippen molar-refractivity contribution in [1.29, 1.82) is 0 Å². The topological polar surface area (TPSA) is 80.3 Å². The fourth-order valence-electron chi connectivity index (χ4n) is 1.92. The van der Waals surface area contributed by atoms with E-state index < -0.39 is 29.5 Å². The minimum absolute atomic E-state index is 0.229. The normalized spacial score (nSPS) is 14.1. The summed E-state index contributed by atoms with van der Waals surface area (Å²) < 4.78 is 58.2. The molecule has 2 aromatic rings. The Hall–Kier alpha value is -2.43. The summed E-state index contributed by atoms with van der Waals surface area (Å²) in [6.07, 6.45) is -5.23. The smallest absolute Gasteiger partial charge is 0.442 e. The third-order valence-electron chi connectivity index (χ3n) is 2.93. The van der Waals surface area contributed by atoms with E-state index in [2.05, 4.69) is 9.72 Å². The predicted molar refractivity (Wildman–Crippen MR) is 77.8 cm³/mol. The van der Waals surface area contributed by atoms with Crippen LogP contribution in [0.5, 0.6) is 0 Å². The maximum absolute atomic E-state index is 13.5. The van der Waals surface area contributed by atoms with Gasteiger partial charge in [0.05, 0.1) is 17.3 Å². The largest absolute Gasteiger partial charge is 0.466 e. The number of carbonyl (C=O) groups is 2. The van der Waals surface area contributed by atoms with Crippen LogP contribution in [0.4, 0.5) is 22.7 Å². The number of nitrogens with one attached hydrogen (secondary N) is 2. The molecule has 6 nitrogen and oxygen atoms in total. The van der Waals surface area contributed by atoms with Gasteiger partial charge in [0.1, 0.15) is 5.82 Å². The van der Waals surface area contributed by atoms with Crippen molar-refractivity contribution in [2.24, 2.45) is 0 Å². The molecule has 1 heterocycles. The van der Waals surface area contributed by atoms with Crippen LogP contribution >= 0.6 is 11.3 Å². The first-order valence-electron chi connectivity index (χ1n) is 6.37. The molecule has 1 amide bonds. The number of ether oxygens (including phenoxy) is 1. The van der Waals surface area contributed by atoms with Crippen LogP contribution < -0.4 is 10.6 Å². The molecule has 11 heteroatoms. The number of amides is 1. The standard InChI is InChI=1S/C13H11F4N3O3S/c1-6(21)19-12(10(22)23-2,13(15,16)17)20-11-18-8-4-3-7(14)5-9(8)24-11/h3-5H,1-2H3,(H,18,20)(H,19,21). The quantitative estimate of drug-likeness (QED) is 0.494. The SMILES string of the molecule is COC(=O)C(NC(C)=O)(Nc1nc2ccc(F)cc2s1)C(F)(F)F. The highest BCUT2D eigenvalue weighted by atomic mass is 32.1. The van der Waals surface area contributed by atoms with Crippen LogP contribution in [0, 0.1) is 5.82 Å². The van der Waals surface area contributed by atoms with Gasteiger partial charge < -0.3 is 15.4 Å². The van der Waals surface area contributed by atoms with Crippen molar-refractivity contribution in [3.63, 3.8) is 0 Å². The Morgan fingerprint density at radius 1 is 1.29 bits per heavy atom. The fraction of sp³-hybridized carbons (Fsp3) is 0.308. The molecule has 24 heavy (non-hydrogen) atoms. The van der Waals surface area contributed by atoms with Gasteiger partial charge in [-0.1, -0.05) is 11.3 Å². The molecule has 1 aromatic heterocycles. The van der Waals surface area contributed by atoms with Crippen molar-refractivity contribution >= 4 is 38.6 Å². The van der Waals surface area contributed by atoms with E-state index in [1.54, 1.807) is 0 Å². The Bertz CT molecular complexity index is 792. The van der Waals surface area contributed by atoms with Crippen LogP contribution in [0.15, 0.2) is 18.2 Å². The number of esters is 1. The minimum Gasteiger partial charge on any atom is -0.466 e. The Kier molecular flexibility index (Phi) is 4.65. The summed E-state index contributed by atoms with van der Waals surface area (Å²) in [5.74, 6) is -3.47. The molecule has 1 aromatic carbocycles. The number of nitrogens with zero attached hydrogens (tertiary/aromatic N) is 1. The number of methoxy groups -OCH3 is 1. The first-order valence-corrected chi connectivity index (χ1v) is 7.19. The number of aromatic nitrogens is 1. The Labute approximate surface area is 136 Å². The highest BCUT2D eigenvalue weighted by molar-refractivity contribution is 7.22. The summed E-state index contributed by atoms with van der Waals surface area (Å²) in [5.41, 5.74) is -3.28. The average Bonchev–Trinajstić information content (AvgIpc) is 2.85. The fourth-order valence-corrected chi connectivity index (χ4v) is 2.87. The molecule has 130 valence electrons. The molecule has 0 fully saturated rings. The number of benzene rings is 1. The summed E-state index contributed by atoms with van der Waals surface area (Å²) in [5, 5.41) is 3.07. The Morgan fingerprint density at radius 2 is 1.96 bits per heavy atom. The van der Waals surface area contributed by atoms with E-state index in [0.717, 1.165) is 26.2 Å². The summed E-state index contributed by atoms with van der Waals surface area (Å²) >= 11 is 0.688. The van der Waals surface area contributed by atoms with E-state index in [9.17, 15) is 27.2 Å². The number of rotatable bonds is 4. The van der Waals surface area contributed by atoms with Crippen LogP contribution in [0.25, 0.3) is 10.2 Å². The van der Waals surface area contributed by atoms with Crippen LogP contribution in [0.1, 0.15) is 6.92 Å². The second-order valence-corrected chi connectivity index (χ2v) is 5.71. The number of halogens is 4. The third kappa shape index (κ3) is 3.25. The summed E-state index contributed by atoms with van der Waals surface area (Å²) in [6.45, 7) is 0.818. The number of fused-ring (bicyclic) bond motifs is 1. The molecule has 1 unspecified atom stereocenters. The number of thiazole rings is 1. The van der Waals surface area contributed by atoms with Gasteiger partial charge in [-0.15, -0.1) is 0 Å². The molecule has 2 N–H and O–H groups in total. The van der Waals surface area contributed by atoms with Crippen molar-refractivity contribution in [3.8, 4) is 0 Å². The molecule has 0 bridgehead atoms. The molecular formula is C13H11F4N3O3S. The van der Waals surface area contributed by atoms with Crippen molar-refractivity contribution in [2.75, 3.05) is 12.4 Å². The Balaban J connectivity index is 2.53. The van der Waals surface area contributed by atoms with Gasteiger partial charge in [-0.05, 0) is 18.2 Å². The van der Waals surface area contributed by atoms with Crippen LogP contribution in [0.2, 0.25) is 0 Å². The lowest BCUT2D eigenvalue weighted by Gasteiger charge is -2.33. The van der Waals surface area contributed by atoms with Crippen molar-refractivity contribution in [1.82, 2.24) is 10.3 Å². The molecular weight excluding hydrogens is 354 g/mol. The zero-order valence-electron chi connectivity index (χ0n) is 12.3. The van der Waals surface area contributed by atoms with Gasteiger partial charge in [-0.3, -0.25) is 4.79 Å². The highest BCUT2D eigenvalue weighted by Gasteiger charge is 2.63. The summed E-state index contributed by atoms with van der Waals surface area (Å²) in [6, 6.07) is 3.46. The predicted octanol–water partition coefficient (Wildman–Crippen LogP) is 2.42. The van der Waals surface area contributed by atoms with Crippen LogP contribution in [-0.2, 0) is 14.3 Å². The summed E-state index contributed by atoms with van der Waals surface area (Å²) in [7, 11) is 0.750. The minimum atomic E-state index is -5.23. The van der Waals surface area contributed by atoms with E-state index >= 15 is 0 Å². The van der Waals surface area contributed by atoms with Gasteiger partial charge in [0.2, 0.25) is 5.91 Å². The van der Waals surface area contributed by atoms with Gasteiger partial charge in [0, 0.05) is 6.92 Å². The summed E-state index contributed by atoms with van der Waals surface area (Å²) in [4.78, 5) is 26.9. The molecule has 1 atom stereocenters. The molecule has 0 aliphatic rings. The second-order valence-electron chi connectivity index (χ2n) is 4.68. The lowest BCUT2D eigenvalue weighted by atomic mass is 10.1. The Morgan fingerprint density at radius 3 is 2.50 bits per heavy atom. The molecule has 0 aliphatic carbocycles. The molecule has 0 radical (unpaired) electrons. The average molecular weight is 365 g/mol. The highest BCUT2D eigenvalue weighted by Crippen LogP contribution is 2.35. The van der Waals surface area contributed by atoms with Gasteiger partial charge in [0.15, 0.2) is 5.13 Å². The van der Waals surface area contributed by atoms with Crippen LogP contribution in [0.3, 0.4) is 0 Å². The number of anilines is 1. The molecule has 0 aliphatic heterocycles. The monoisotopic (exact) mass is 365 g/mol. The van der Waals surface area contributed by atoms with E-state index in [1.807, 2.05) is 5.32 Å². The van der Waals surface area contributed by atoms with Crippen molar-refractivity contribution in [2.45, 2.75) is 18.8 Å². The zero-order chi connectivity index (χ0) is 18.1. The zero-order valence-corrected chi connectivity index (χ0v) is 13.1. The van der Waals surface area contributed by atoms with Crippen molar-refractivity contribution in [3.05, 3.63) is 24.0 Å². The number of alkyl halides is 3. The van der Waals surface area contributed by atoms with E-state index in [1.165, 1.54) is 11.4 Å². The maximum atomic E-state index is 13.5. The first-order chi connectivity index (χ1) is 11.1. The third-order valence-corrected chi connectivity index (χ3v) is 3.86. The van der Waals surface area contributed by atoms with Crippen LogP contribution in [-0.4, -0.2) is 35.8 Å². The second kappa shape index (κ2) is 6.23. The lowest BCUT2D eigenvalue weighted by molar-refractivity contribution is -0.206. The number of hydrogen-bond donors (Lipinski definition) is 2. The van der Waals surface area contributed by atoms with Gasteiger partial charge in [0.25, 0.3) is 0 Å². The van der Waals surface area contributed by atoms with E-state index in [0.29, 0.717) is 11.3 Å². The number of hydrogen-bond acceptors (Lipinski definition) is 6. The van der Waals surface area contributed by atoms with Gasteiger partial charge in [-0.25, -0.2) is 14.2 Å². The number of carbonyl (C=O) groups excluding carboxylic acids is 2. The molecule has 0 spiro atoms. The molecule has 0 saturated carbocycles. The lowest BCUT2D eigenvalue weighted by Crippen LogP contribution is -2.69. The van der Waals surface area contributed by atoms with Gasteiger partial charge in [-0.2, -0.15) is 13.2 Å². The molecule has 2 rings (SSSR count). The van der Waals surface area contributed by atoms with E-state index in [4.69, 9.17) is 0 Å². The van der Waals surface area contributed by atoms with E-state index in [-0.39, 0.29) is 15.3 Å². The molecule has 0 saturated heterocycles. The maximum Gasteiger partial charge on any atom is 0.442 e. The first kappa shape index (κ1) is 17.9.